The normalized spacial score (nSPS) is 15.5. The van der Waals surface area contributed by atoms with Crippen LogP contribution in [0.5, 0.6) is 0 Å². The number of nitrogens with zero attached hydrogens (tertiary/aromatic N) is 2. The average Bonchev–Trinajstić information content (AvgIpc) is 3.15. The lowest BCUT2D eigenvalue weighted by atomic mass is 10.1. The van der Waals surface area contributed by atoms with Gasteiger partial charge in [-0.3, -0.25) is 19.3 Å². The fourth-order valence-corrected chi connectivity index (χ4v) is 4.24. The van der Waals surface area contributed by atoms with E-state index >= 15 is 0 Å². The number of nitrogens with one attached hydrogen (secondary N) is 1. The Bertz CT molecular complexity index is 1170. The number of aromatic nitrogens is 1. The van der Waals surface area contributed by atoms with E-state index in [2.05, 4.69) is 21.2 Å². The van der Waals surface area contributed by atoms with Crippen molar-refractivity contribution in [2.24, 2.45) is 7.05 Å². The molecule has 29 heavy (non-hydrogen) atoms. The van der Waals surface area contributed by atoms with Crippen molar-refractivity contribution in [2.75, 3.05) is 11.9 Å². The molecule has 0 saturated carbocycles. The van der Waals surface area contributed by atoms with Crippen LogP contribution in [0.15, 0.2) is 64.1 Å². The van der Waals surface area contributed by atoms with Crippen LogP contribution >= 0.6 is 27.7 Å². The minimum atomic E-state index is -0.459. The van der Waals surface area contributed by atoms with Crippen LogP contribution in [0.3, 0.4) is 0 Å². The van der Waals surface area contributed by atoms with Crippen LogP contribution < -0.4 is 5.32 Å². The highest BCUT2D eigenvalue weighted by molar-refractivity contribution is 9.10. The molecular weight excluding hydrogens is 454 g/mol. The minimum Gasteiger partial charge on any atom is -0.350 e. The van der Waals surface area contributed by atoms with Crippen LogP contribution in [-0.4, -0.2) is 33.1 Å². The Balaban J connectivity index is 1.51. The van der Waals surface area contributed by atoms with Crippen LogP contribution in [0.1, 0.15) is 5.56 Å². The van der Waals surface area contributed by atoms with Crippen LogP contribution in [0, 0.1) is 0 Å². The number of halogens is 1. The van der Waals surface area contributed by atoms with Gasteiger partial charge in [-0.1, -0.05) is 34.1 Å². The third kappa shape index (κ3) is 3.99. The van der Waals surface area contributed by atoms with Crippen molar-refractivity contribution >= 4 is 67.4 Å². The van der Waals surface area contributed by atoms with Gasteiger partial charge in [0.05, 0.1) is 4.91 Å². The number of thioether (sulfide) groups is 1. The lowest BCUT2D eigenvalue weighted by molar-refractivity contribution is -0.127. The predicted octanol–water partition coefficient (Wildman–Crippen LogP) is 4.62. The first kappa shape index (κ1) is 19.5. The Hall–Kier alpha value is -2.84. The number of benzene rings is 2. The minimum absolute atomic E-state index is 0.308. The largest absolute Gasteiger partial charge is 0.350 e. The molecule has 3 amide bonds. The van der Waals surface area contributed by atoms with Gasteiger partial charge in [0.15, 0.2) is 0 Å². The van der Waals surface area contributed by atoms with E-state index in [1.54, 1.807) is 30.3 Å². The van der Waals surface area contributed by atoms with Crippen molar-refractivity contribution in [3.05, 3.63) is 69.7 Å². The van der Waals surface area contributed by atoms with Gasteiger partial charge >= 0.3 is 0 Å². The molecule has 1 aliphatic heterocycles. The second-order valence-corrected chi connectivity index (χ2v) is 8.44. The maximum absolute atomic E-state index is 12.7. The van der Waals surface area contributed by atoms with Crippen molar-refractivity contribution in [1.82, 2.24) is 9.47 Å². The van der Waals surface area contributed by atoms with Gasteiger partial charge in [0, 0.05) is 39.9 Å². The summed E-state index contributed by atoms with van der Waals surface area (Å²) in [6, 6.07) is 14.9. The first-order chi connectivity index (χ1) is 13.9. The molecule has 2 heterocycles. The number of imide groups is 1. The lowest BCUT2D eigenvalue weighted by Gasteiger charge is -2.12. The number of para-hydroxylation sites is 1. The quantitative estimate of drug-likeness (QED) is 0.566. The van der Waals surface area contributed by atoms with Gasteiger partial charge < -0.3 is 9.88 Å². The van der Waals surface area contributed by atoms with E-state index in [-0.39, 0.29) is 6.54 Å². The number of aryl methyl sites for hydroxylation is 1. The summed E-state index contributed by atoms with van der Waals surface area (Å²) in [5.41, 5.74) is 2.48. The van der Waals surface area contributed by atoms with E-state index in [0.717, 1.165) is 37.6 Å². The molecule has 0 bridgehead atoms. The third-order valence-corrected chi connectivity index (χ3v) is 5.95. The standard InChI is InChI=1S/C21H16BrN3O3S/c1-24-11-13(16-4-2-3-5-17(16)24)10-18-20(27)25(21(28)29-18)12-19(26)23-15-8-6-14(22)7-9-15/h2-11H,12H2,1H3,(H,23,26)/b18-10+. The lowest BCUT2D eigenvalue weighted by Crippen LogP contribution is -2.36. The smallest absolute Gasteiger partial charge is 0.294 e. The van der Waals surface area contributed by atoms with Crippen LogP contribution in [0.4, 0.5) is 10.5 Å². The molecule has 0 unspecified atom stereocenters. The van der Waals surface area contributed by atoms with Gasteiger partial charge in [0.1, 0.15) is 6.54 Å². The Labute approximate surface area is 179 Å². The summed E-state index contributed by atoms with van der Waals surface area (Å²) >= 11 is 4.18. The number of carbonyl (C=O) groups is 3. The molecule has 2 aromatic carbocycles. The fourth-order valence-electron chi connectivity index (χ4n) is 3.14. The molecule has 146 valence electrons. The van der Waals surface area contributed by atoms with Gasteiger partial charge in [0.25, 0.3) is 11.1 Å². The van der Waals surface area contributed by atoms with Gasteiger partial charge in [-0.15, -0.1) is 0 Å². The Kier molecular flexibility index (Phi) is 5.29. The molecule has 1 saturated heterocycles. The van der Waals surface area contributed by atoms with E-state index < -0.39 is 17.1 Å². The van der Waals surface area contributed by atoms with E-state index in [9.17, 15) is 14.4 Å². The number of rotatable bonds is 4. The Morgan fingerprint density at radius 1 is 1.14 bits per heavy atom. The highest BCUT2D eigenvalue weighted by Crippen LogP contribution is 2.33. The second kappa shape index (κ2) is 7.88. The monoisotopic (exact) mass is 469 g/mol. The van der Waals surface area contributed by atoms with Gasteiger partial charge in [-0.25, -0.2) is 0 Å². The molecule has 1 fully saturated rings. The second-order valence-electron chi connectivity index (χ2n) is 6.54. The van der Waals surface area contributed by atoms with E-state index in [1.807, 2.05) is 42.1 Å². The molecule has 1 aliphatic rings. The molecule has 1 N–H and O–H groups in total. The van der Waals surface area contributed by atoms with Gasteiger partial charge in [-0.05, 0) is 48.2 Å². The summed E-state index contributed by atoms with van der Waals surface area (Å²) < 4.78 is 2.86. The molecule has 4 rings (SSSR count). The Morgan fingerprint density at radius 2 is 1.86 bits per heavy atom. The number of hydrogen-bond donors (Lipinski definition) is 1. The molecule has 6 nitrogen and oxygen atoms in total. The zero-order valence-corrected chi connectivity index (χ0v) is 17.8. The van der Waals surface area contributed by atoms with Crippen molar-refractivity contribution in [3.63, 3.8) is 0 Å². The molecule has 8 heteroatoms. The van der Waals surface area contributed by atoms with Gasteiger partial charge in [-0.2, -0.15) is 0 Å². The summed E-state index contributed by atoms with van der Waals surface area (Å²) in [4.78, 5) is 38.6. The highest BCUT2D eigenvalue weighted by atomic mass is 79.9. The molecule has 1 aromatic heterocycles. The van der Waals surface area contributed by atoms with Crippen molar-refractivity contribution in [2.45, 2.75) is 0 Å². The SMILES string of the molecule is Cn1cc(/C=C2/SC(=O)N(CC(=O)Nc3ccc(Br)cc3)C2=O)c2ccccc21. The average molecular weight is 470 g/mol. The molecule has 0 atom stereocenters. The number of anilines is 1. The number of hydrogen-bond acceptors (Lipinski definition) is 4. The topological polar surface area (TPSA) is 71.4 Å². The van der Waals surface area contributed by atoms with E-state index in [0.29, 0.717) is 10.6 Å². The first-order valence-electron chi connectivity index (χ1n) is 8.77. The van der Waals surface area contributed by atoms with Crippen molar-refractivity contribution in [1.29, 1.82) is 0 Å². The summed E-state index contributed by atoms with van der Waals surface area (Å²) in [6.07, 6.45) is 3.62. The number of fused-ring (bicyclic) bond motifs is 1. The molecule has 0 radical (unpaired) electrons. The summed E-state index contributed by atoms with van der Waals surface area (Å²) in [7, 11) is 1.93. The predicted molar refractivity (Wildman–Crippen MR) is 118 cm³/mol. The molecular formula is C21H16BrN3O3S. The van der Waals surface area contributed by atoms with E-state index in [4.69, 9.17) is 0 Å². The van der Waals surface area contributed by atoms with Crippen LogP contribution in [0.25, 0.3) is 17.0 Å². The molecule has 0 aliphatic carbocycles. The van der Waals surface area contributed by atoms with Crippen LogP contribution in [-0.2, 0) is 16.6 Å². The maximum Gasteiger partial charge on any atom is 0.294 e. The zero-order valence-electron chi connectivity index (χ0n) is 15.4. The maximum atomic E-state index is 12.7. The zero-order chi connectivity index (χ0) is 20.5. The third-order valence-electron chi connectivity index (χ3n) is 4.52. The summed E-state index contributed by atoms with van der Waals surface area (Å²) in [5, 5.41) is 3.23. The van der Waals surface area contributed by atoms with Crippen molar-refractivity contribution < 1.29 is 14.4 Å². The molecule has 0 spiro atoms. The first-order valence-corrected chi connectivity index (χ1v) is 10.4. The highest BCUT2D eigenvalue weighted by Gasteiger charge is 2.36. The molecule has 3 aromatic rings. The number of carbonyl (C=O) groups excluding carboxylic acids is 3. The summed E-state index contributed by atoms with van der Waals surface area (Å²) in [5.74, 6) is -0.889. The fraction of sp³-hybridized carbons (Fsp3) is 0.0952. The van der Waals surface area contributed by atoms with Crippen molar-refractivity contribution in [3.8, 4) is 0 Å². The Morgan fingerprint density at radius 3 is 2.62 bits per heavy atom. The van der Waals surface area contributed by atoms with Gasteiger partial charge in [0.2, 0.25) is 5.91 Å². The van der Waals surface area contributed by atoms with Crippen LogP contribution in [0.2, 0.25) is 0 Å². The van der Waals surface area contributed by atoms with E-state index in [1.165, 1.54) is 0 Å². The number of amides is 3. The summed E-state index contributed by atoms with van der Waals surface area (Å²) in [6.45, 7) is -0.326.